The highest BCUT2D eigenvalue weighted by Gasteiger charge is 2.37. The molecule has 9 nitrogen and oxygen atoms in total. The van der Waals surface area contributed by atoms with Crippen LogP contribution in [0, 0.1) is 5.92 Å². The van der Waals surface area contributed by atoms with E-state index in [0.717, 1.165) is 0 Å². The predicted molar refractivity (Wildman–Crippen MR) is 151 cm³/mol. The summed E-state index contributed by atoms with van der Waals surface area (Å²) in [4.78, 5) is 80.0. The number of Topliss-reactive ketones (excluding diaryl/α,β-unsaturated/α-hetero) is 7. The minimum Gasteiger partial charge on any atom is -0.507 e. The van der Waals surface area contributed by atoms with Crippen molar-refractivity contribution >= 4 is 52.0 Å². The lowest BCUT2D eigenvalue weighted by molar-refractivity contribution is -0.117. The number of rotatable bonds is 0. The Kier molecular flexibility index (Phi) is 8.05. The molecule has 0 spiro atoms. The summed E-state index contributed by atoms with van der Waals surface area (Å²) in [5.41, 5.74) is 2.28. The van der Waals surface area contributed by atoms with Crippen molar-refractivity contribution in [3.05, 3.63) is 117 Å². The third-order valence-electron chi connectivity index (χ3n) is 7.11. The second-order valence-electron chi connectivity index (χ2n) is 9.68. The van der Waals surface area contributed by atoms with Crippen molar-refractivity contribution in [2.75, 3.05) is 0 Å². The van der Waals surface area contributed by atoms with E-state index in [1.54, 1.807) is 54.6 Å². The van der Waals surface area contributed by atoms with Crippen LogP contribution in [0.4, 0.5) is 0 Å². The molecular formula is C33H24O9. The minimum atomic E-state index is -0.822. The van der Waals surface area contributed by atoms with E-state index in [1.807, 2.05) is 0 Å². The van der Waals surface area contributed by atoms with Gasteiger partial charge < -0.3 is 10.2 Å². The first-order chi connectivity index (χ1) is 19.9. The number of aliphatic hydroxyl groups is 2. The molecule has 0 amide bonds. The molecule has 3 aliphatic rings. The number of ketones is 7. The Bertz CT molecular complexity index is 1710. The second-order valence-corrected chi connectivity index (χ2v) is 9.68. The lowest BCUT2D eigenvalue weighted by Gasteiger charge is -2.17. The van der Waals surface area contributed by atoms with E-state index >= 15 is 0 Å². The fraction of sp³-hybridized carbons (Fsp3) is 0.121. The molecule has 3 aromatic rings. The van der Waals surface area contributed by atoms with E-state index in [0.29, 0.717) is 16.7 Å². The summed E-state index contributed by atoms with van der Waals surface area (Å²) < 4.78 is 0. The molecule has 3 aromatic carbocycles. The highest BCUT2D eigenvalue weighted by molar-refractivity contribution is 6.53. The summed E-state index contributed by atoms with van der Waals surface area (Å²) in [6, 6.07) is 19.5. The summed E-state index contributed by atoms with van der Waals surface area (Å²) in [5, 5.41) is 19.2. The van der Waals surface area contributed by atoms with Gasteiger partial charge in [0.2, 0.25) is 34.7 Å². The number of hydrogen-bond acceptors (Lipinski definition) is 9. The third-order valence-corrected chi connectivity index (χ3v) is 7.11. The van der Waals surface area contributed by atoms with Crippen LogP contribution < -0.4 is 0 Å². The average molecular weight is 565 g/mol. The lowest BCUT2D eigenvalue weighted by Crippen LogP contribution is -2.34. The Morgan fingerprint density at radius 2 is 0.738 bits per heavy atom. The molecule has 210 valence electrons. The summed E-state index contributed by atoms with van der Waals surface area (Å²) in [7, 11) is 0. The average Bonchev–Trinajstić information content (AvgIpc) is 3.03. The molecule has 0 aromatic heterocycles. The highest BCUT2D eigenvalue weighted by Crippen LogP contribution is 2.28. The topological polar surface area (TPSA) is 160 Å². The molecule has 0 saturated heterocycles. The standard InChI is InChI=1S/3C11H8O3/c3*1-6-9(12)7-4-2-3-5-8(7)11(14)10(6)13/h2*2-5,12H,1H3;2-6H,1H3. The van der Waals surface area contributed by atoms with E-state index in [1.165, 1.54) is 39.0 Å². The Labute approximate surface area is 239 Å². The summed E-state index contributed by atoms with van der Waals surface area (Å²) in [6.07, 6.45) is 0. The van der Waals surface area contributed by atoms with Gasteiger partial charge in [0.25, 0.3) is 0 Å². The van der Waals surface area contributed by atoms with Crippen molar-refractivity contribution in [1.29, 1.82) is 0 Å². The summed E-state index contributed by atoms with van der Waals surface area (Å²) in [6.45, 7) is 4.37. The zero-order chi connectivity index (χ0) is 30.9. The van der Waals surface area contributed by atoms with Gasteiger partial charge in [0.15, 0.2) is 5.78 Å². The van der Waals surface area contributed by atoms with E-state index in [9.17, 15) is 43.8 Å². The number of hydrogen-bond donors (Lipinski definition) is 2. The molecule has 0 bridgehead atoms. The molecule has 0 radical (unpaired) electrons. The minimum absolute atomic E-state index is 0.0924. The van der Waals surface area contributed by atoms with E-state index in [4.69, 9.17) is 0 Å². The quantitative estimate of drug-likeness (QED) is 0.290. The van der Waals surface area contributed by atoms with Gasteiger partial charge in [-0.05, 0) is 20.8 Å². The fourth-order valence-electron chi connectivity index (χ4n) is 4.56. The highest BCUT2D eigenvalue weighted by atomic mass is 16.3. The van der Waals surface area contributed by atoms with Gasteiger partial charge in [0, 0.05) is 44.5 Å². The number of aliphatic hydroxyl groups excluding tert-OH is 2. The van der Waals surface area contributed by atoms with Gasteiger partial charge in [0.1, 0.15) is 11.5 Å². The zero-order valence-corrected chi connectivity index (χ0v) is 22.8. The number of carbonyl (C=O) groups is 7. The Morgan fingerprint density at radius 3 is 1.12 bits per heavy atom. The molecule has 1 atom stereocenters. The van der Waals surface area contributed by atoms with Crippen LogP contribution >= 0.6 is 0 Å². The van der Waals surface area contributed by atoms with Crippen molar-refractivity contribution < 1.29 is 43.8 Å². The fourth-order valence-corrected chi connectivity index (χ4v) is 4.56. The van der Waals surface area contributed by atoms with Gasteiger partial charge >= 0.3 is 0 Å². The van der Waals surface area contributed by atoms with Crippen LogP contribution in [0.3, 0.4) is 0 Å². The van der Waals surface area contributed by atoms with E-state index in [2.05, 4.69) is 0 Å². The predicted octanol–water partition coefficient (Wildman–Crippen LogP) is 4.75. The summed E-state index contributed by atoms with van der Waals surface area (Å²) in [5.74, 6) is -4.76. The maximum Gasteiger partial charge on any atom is 0.234 e. The molecule has 0 heterocycles. The van der Waals surface area contributed by atoms with Crippen LogP contribution in [0.1, 0.15) is 73.3 Å². The Morgan fingerprint density at radius 1 is 0.429 bits per heavy atom. The van der Waals surface area contributed by atoms with Gasteiger partial charge in [-0.3, -0.25) is 33.6 Å². The van der Waals surface area contributed by atoms with Crippen LogP contribution in [-0.4, -0.2) is 50.7 Å². The molecule has 1 unspecified atom stereocenters. The molecule has 0 fully saturated rings. The maximum atomic E-state index is 11.6. The van der Waals surface area contributed by atoms with E-state index in [-0.39, 0.29) is 45.1 Å². The van der Waals surface area contributed by atoms with Crippen molar-refractivity contribution in [2.45, 2.75) is 20.8 Å². The van der Waals surface area contributed by atoms with Crippen molar-refractivity contribution in [2.24, 2.45) is 5.92 Å². The molecule has 2 N–H and O–H groups in total. The first-order valence-electron chi connectivity index (χ1n) is 12.8. The van der Waals surface area contributed by atoms with E-state index < -0.39 is 40.6 Å². The van der Waals surface area contributed by atoms with Crippen molar-refractivity contribution in [1.82, 2.24) is 0 Å². The maximum absolute atomic E-state index is 11.6. The summed E-state index contributed by atoms with van der Waals surface area (Å²) >= 11 is 0. The van der Waals surface area contributed by atoms with Crippen molar-refractivity contribution in [3.63, 3.8) is 0 Å². The molecular weight excluding hydrogens is 540 g/mol. The first-order valence-corrected chi connectivity index (χ1v) is 12.8. The van der Waals surface area contributed by atoms with Crippen LogP contribution in [0.25, 0.3) is 11.5 Å². The number of carbonyl (C=O) groups excluding carboxylic acids is 7. The van der Waals surface area contributed by atoms with Gasteiger partial charge in [0.05, 0.1) is 5.92 Å². The van der Waals surface area contributed by atoms with Gasteiger partial charge in [-0.15, -0.1) is 0 Å². The van der Waals surface area contributed by atoms with Crippen LogP contribution in [-0.2, 0) is 14.4 Å². The van der Waals surface area contributed by atoms with Gasteiger partial charge in [-0.2, -0.15) is 0 Å². The van der Waals surface area contributed by atoms with Crippen molar-refractivity contribution in [3.8, 4) is 0 Å². The van der Waals surface area contributed by atoms with Gasteiger partial charge in [-0.25, -0.2) is 0 Å². The number of benzene rings is 3. The molecule has 0 saturated carbocycles. The Hall–Kier alpha value is -5.57. The molecule has 3 aliphatic carbocycles. The monoisotopic (exact) mass is 564 g/mol. The number of allylic oxidation sites excluding steroid dienone is 2. The lowest BCUT2D eigenvalue weighted by atomic mass is 9.82. The molecule has 9 heteroatoms. The SMILES string of the molecule is CC1=C(O)c2ccccc2C(=O)C1=O.CC1=C(O)c2ccccc2C(=O)C1=O.CC1C(=O)C(=O)c2ccccc2C1=O. The molecule has 0 aliphatic heterocycles. The normalized spacial score (nSPS) is 17.5. The smallest absolute Gasteiger partial charge is 0.234 e. The zero-order valence-electron chi connectivity index (χ0n) is 22.8. The van der Waals surface area contributed by atoms with Crippen LogP contribution in [0.5, 0.6) is 0 Å². The molecule has 42 heavy (non-hydrogen) atoms. The van der Waals surface area contributed by atoms with Crippen LogP contribution in [0.2, 0.25) is 0 Å². The Balaban J connectivity index is 0.000000145. The van der Waals surface area contributed by atoms with Gasteiger partial charge in [-0.1, -0.05) is 72.8 Å². The second kappa shape index (κ2) is 11.5. The number of fused-ring (bicyclic) bond motifs is 3. The first kappa shape index (κ1) is 29.4. The molecule has 6 rings (SSSR count). The van der Waals surface area contributed by atoms with Crippen LogP contribution in [0.15, 0.2) is 83.9 Å². The third kappa shape index (κ3) is 5.03. The largest absolute Gasteiger partial charge is 0.507 e.